The van der Waals surface area contributed by atoms with E-state index in [2.05, 4.69) is 29.0 Å². The molecule has 0 aromatic carbocycles. The second-order valence-corrected chi connectivity index (χ2v) is 3.65. The van der Waals surface area contributed by atoms with Gasteiger partial charge < -0.3 is 11.1 Å². The van der Waals surface area contributed by atoms with Crippen molar-refractivity contribution in [3.63, 3.8) is 0 Å². The molecule has 5 nitrogen and oxygen atoms in total. The van der Waals surface area contributed by atoms with Gasteiger partial charge >= 0.3 is 0 Å². The summed E-state index contributed by atoms with van der Waals surface area (Å²) in [7, 11) is 0. The Bertz CT molecular complexity index is 359. The number of carbonyl (C=O) groups is 1. The van der Waals surface area contributed by atoms with Gasteiger partial charge in [0.05, 0.1) is 6.04 Å². The van der Waals surface area contributed by atoms with Crippen LogP contribution in [0.3, 0.4) is 0 Å². The Labute approximate surface area is 95.1 Å². The van der Waals surface area contributed by atoms with Crippen molar-refractivity contribution in [2.24, 2.45) is 5.73 Å². The van der Waals surface area contributed by atoms with Gasteiger partial charge in [0.25, 0.3) is 0 Å². The molecule has 1 amide bonds. The first-order valence-electron chi connectivity index (χ1n) is 5.39. The largest absolute Gasteiger partial charge is 0.320 e. The number of anilines is 1. The topological polar surface area (TPSA) is 83.8 Å². The molecule has 1 aromatic rings. The number of amides is 1. The van der Waals surface area contributed by atoms with Crippen molar-refractivity contribution in [3.8, 4) is 0 Å². The van der Waals surface area contributed by atoms with Crippen molar-refractivity contribution >= 4 is 11.7 Å². The molecule has 88 valence electrons. The van der Waals surface area contributed by atoms with Crippen molar-refractivity contribution in [1.82, 2.24) is 10.2 Å². The molecule has 0 aliphatic carbocycles. The van der Waals surface area contributed by atoms with Gasteiger partial charge in [-0.2, -0.15) is 5.10 Å². The van der Waals surface area contributed by atoms with Gasteiger partial charge in [0.2, 0.25) is 5.91 Å². The Balaban J connectivity index is 2.52. The third-order valence-corrected chi connectivity index (χ3v) is 2.16. The maximum atomic E-state index is 11.5. The maximum absolute atomic E-state index is 11.5. The average molecular weight is 222 g/mol. The minimum Gasteiger partial charge on any atom is -0.320 e. The van der Waals surface area contributed by atoms with Crippen LogP contribution >= 0.6 is 0 Å². The molecule has 0 aliphatic heterocycles. The van der Waals surface area contributed by atoms with Gasteiger partial charge in [-0.15, -0.1) is 6.58 Å². The summed E-state index contributed by atoms with van der Waals surface area (Å²) >= 11 is 0. The van der Waals surface area contributed by atoms with E-state index in [0.29, 0.717) is 12.2 Å². The van der Waals surface area contributed by atoms with Gasteiger partial charge in [-0.1, -0.05) is 19.4 Å². The highest BCUT2D eigenvalue weighted by Gasteiger charge is 2.12. The number of hydrogen-bond acceptors (Lipinski definition) is 3. The lowest BCUT2D eigenvalue weighted by atomic mass is 10.2. The third kappa shape index (κ3) is 3.51. The number of aromatic amines is 1. The van der Waals surface area contributed by atoms with Gasteiger partial charge in [-0.25, -0.2) is 0 Å². The van der Waals surface area contributed by atoms with Crippen LogP contribution in [0.25, 0.3) is 0 Å². The second-order valence-electron chi connectivity index (χ2n) is 3.65. The number of hydrogen-bond donors (Lipinski definition) is 3. The van der Waals surface area contributed by atoms with E-state index in [1.165, 1.54) is 0 Å². The van der Waals surface area contributed by atoms with E-state index in [-0.39, 0.29) is 5.91 Å². The van der Waals surface area contributed by atoms with Crippen LogP contribution in [-0.4, -0.2) is 22.1 Å². The predicted molar refractivity (Wildman–Crippen MR) is 64.0 cm³/mol. The summed E-state index contributed by atoms with van der Waals surface area (Å²) < 4.78 is 0. The lowest BCUT2D eigenvalue weighted by molar-refractivity contribution is -0.117. The minimum absolute atomic E-state index is 0.241. The Kier molecular flexibility index (Phi) is 4.72. The molecular formula is C11H18N4O. The molecule has 0 radical (unpaired) electrons. The monoisotopic (exact) mass is 222 g/mol. The van der Waals surface area contributed by atoms with Gasteiger partial charge in [-0.3, -0.25) is 9.89 Å². The zero-order valence-corrected chi connectivity index (χ0v) is 9.49. The van der Waals surface area contributed by atoms with E-state index >= 15 is 0 Å². The number of carbonyl (C=O) groups excluding carboxylic acids is 1. The molecule has 1 aromatic heterocycles. The molecule has 1 unspecified atom stereocenters. The fourth-order valence-electron chi connectivity index (χ4n) is 1.33. The Morgan fingerprint density at radius 1 is 1.81 bits per heavy atom. The minimum atomic E-state index is -0.566. The van der Waals surface area contributed by atoms with Crippen molar-refractivity contribution in [3.05, 3.63) is 24.4 Å². The maximum Gasteiger partial charge on any atom is 0.242 e. The smallest absolute Gasteiger partial charge is 0.242 e. The third-order valence-electron chi connectivity index (χ3n) is 2.16. The molecule has 4 N–H and O–H groups in total. The number of H-pyrrole nitrogens is 1. The lowest BCUT2D eigenvalue weighted by Gasteiger charge is -2.07. The summed E-state index contributed by atoms with van der Waals surface area (Å²) in [4.78, 5) is 11.5. The van der Waals surface area contributed by atoms with E-state index in [4.69, 9.17) is 5.73 Å². The van der Waals surface area contributed by atoms with E-state index < -0.39 is 6.04 Å². The molecule has 0 saturated heterocycles. The van der Waals surface area contributed by atoms with Crippen LogP contribution in [0.2, 0.25) is 0 Å². The second kappa shape index (κ2) is 6.07. The normalized spacial score (nSPS) is 12.1. The lowest BCUT2D eigenvalue weighted by Crippen LogP contribution is -2.35. The molecule has 1 heterocycles. The Hall–Kier alpha value is -1.62. The zero-order chi connectivity index (χ0) is 12.0. The van der Waals surface area contributed by atoms with Crippen LogP contribution in [0.15, 0.2) is 18.7 Å². The summed E-state index contributed by atoms with van der Waals surface area (Å²) in [6.45, 7) is 5.62. The fraction of sp³-hybridized carbons (Fsp3) is 0.455. The van der Waals surface area contributed by atoms with Crippen molar-refractivity contribution in [2.45, 2.75) is 32.2 Å². The Morgan fingerprint density at radius 2 is 2.56 bits per heavy atom. The molecule has 5 heteroatoms. The standard InChI is InChI=1S/C11H18N4O/c1-3-5-8-7-10(15-14-8)13-11(16)9(12)6-4-2/h4,7,9H,2-3,5-6,12H2,1H3,(H2,13,14,15,16). The molecule has 0 fully saturated rings. The van der Waals surface area contributed by atoms with Crippen molar-refractivity contribution in [2.75, 3.05) is 5.32 Å². The number of rotatable bonds is 6. The predicted octanol–water partition coefficient (Wildman–Crippen LogP) is 1.20. The quantitative estimate of drug-likeness (QED) is 0.632. The first kappa shape index (κ1) is 12.4. The van der Waals surface area contributed by atoms with Crippen molar-refractivity contribution < 1.29 is 4.79 Å². The number of nitrogens with two attached hydrogens (primary N) is 1. The number of nitrogens with zero attached hydrogens (tertiary/aromatic N) is 1. The summed E-state index contributed by atoms with van der Waals surface area (Å²) in [6, 6.07) is 1.26. The molecule has 1 atom stereocenters. The first-order valence-corrected chi connectivity index (χ1v) is 5.39. The molecule has 16 heavy (non-hydrogen) atoms. The highest BCUT2D eigenvalue weighted by Crippen LogP contribution is 2.07. The van der Waals surface area contributed by atoms with Gasteiger partial charge in [0.1, 0.15) is 0 Å². The summed E-state index contributed by atoms with van der Waals surface area (Å²) in [5.74, 6) is 0.280. The van der Waals surface area contributed by atoms with Crippen LogP contribution < -0.4 is 11.1 Å². The van der Waals surface area contributed by atoms with Crippen LogP contribution in [0.1, 0.15) is 25.5 Å². The number of nitrogens with one attached hydrogen (secondary N) is 2. The van der Waals surface area contributed by atoms with Crippen LogP contribution in [-0.2, 0) is 11.2 Å². The number of aromatic nitrogens is 2. The molecule has 1 rings (SSSR count). The number of aryl methyl sites for hydroxylation is 1. The van der Waals surface area contributed by atoms with E-state index in [0.717, 1.165) is 18.5 Å². The highest BCUT2D eigenvalue weighted by atomic mass is 16.2. The summed E-state index contributed by atoms with van der Waals surface area (Å²) in [6.07, 6.45) is 4.03. The van der Waals surface area contributed by atoms with Crippen molar-refractivity contribution in [1.29, 1.82) is 0 Å². The summed E-state index contributed by atoms with van der Waals surface area (Å²) in [5.41, 5.74) is 6.63. The van der Waals surface area contributed by atoms with Crippen LogP contribution in [0, 0.1) is 0 Å². The van der Waals surface area contributed by atoms with Gasteiger partial charge in [-0.05, 0) is 12.8 Å². The molecule has 0 saturated carbocycles. The molecule has 0 bridgehead atoms. The molecule has 0 aliphatic rings. The SMILES string of the molecule is C=CCC(N)C(=O)Nc1cc(CCC)[nH]n1. The van der Waals surface area contributed by atoms with Crippen LogP contribution in [0.5, 0.6) is 0 Å². The van der Waals surface area contributed by atoms with E-state index in [1.54, 1.807) is 6.08 Å². The average Bonchev–Trinajstić information content (AvgIpc) is 2.66. The van der Waals surface area contributed by atoms with Gasteiger partial charge in [0, 0.05) is 11.8 Å². The fourth-order valence-corrected chi connectivity index (χ4v) is 1.33. The zero-order valence-electron chi connectivity index (χ0n) is 9.49. The summed E-state index contributed by atoms with van der Waals surface area (Å²) in [5, 5.41) is 9.49. The van der Waals surface area contributed by atoms with E-state index in [1.807, 2.05) is 6.07 Å². The van der Waals surface area contributed by atoms with Crippen LogP contribution in [0.4, 0.5) is 5.82 Å². The molecular weight excluding hydrogens is 204 g/mol. The van der Waals surface area contributed by atoms with E-state index in [9.17, 15) is 4.79 Å². The first-order chi connectivity index (χ1) is 7.67. The molecule has 0 spiro atoms. The Morgan fingerprint density at radius 3 is 3.19 bits per heavy atom. The van der Waals surface area contributed by atoms with Gasteiger partial charge in [0.15, 0.2) is 5.82 Å². The highest BCUT2D eigenvalue weighted by molar-refractivity contribution is 5.93.